The van der Waals surface area contributed by atoms with Crippen molar-refractivity contribution in [2.45, 2.75) is 69.9 Å². The number of carboxylic acids is 1. The SMILES string of the molecule is CCCCc1ncc(/C=C(\Cc2cccs2)C(=O)O)n1Cc1ccc(C(=O)O[C@@H]2O[C@H](C(=O)OC)[C@@H](O)[C@H](O)[C@H]2O)cc1. The lowest BCUT2D eigenvalue weighted by Crippen LogP contribution is -2.60. The largest absolute Gasteiger partial charge is 0.478 e. The van der Waals surface area contributed by atoms with Gasteiger partial charge >= 0.3 is 17.9 Å². The standard InChI is InChI=1S/C30H34N2O10S/c1-3-4-7-22-31-15-20(13-19(27(36)37)14-21-6-5-12-43-21)32(22)16-17-8-10-18(11-9-17)28(38)42-30-25(35)23(33)24(34)26(41-30)29(39)40-2/h5-6,8-13,15,23-26,30,33-35H,3-4,7,14,16H2,1-2H3,(H,36,37)/b19-13+/t23-,24-,25+,26-,30-/m0/s1. The van der Waals surface area contributed by atoms with Crippen LogP contribution in [0.1, 0.15) is 52.1 Å². The Morgan fingerprint density at radius 2 is 1.84 bits per heavy atom. The van der Waals surface area contributed by atoms with E-state index in [1.54, 1.807) is 24.4 Å². The first-order valence-electron chi connectivity index (χ1n) is 13.7. The van der Waals surface area contributed by atoms with Crippen LogP contribution in [0.25, 0.3) is 6.08 Å². The predicted molar refractivity (Wildman–Crippen MR) is 154 cm³/mol. The molecule has 1 fully saturated rings. The van der Waals surface area contributed by atoms with Crippen LogP contribution in [0.4, 0.5) is 0 Å². The molecule has 4 rings (SSSR count). The van der Waals surface area contributed by atoms with E-state index in [1.807, 2.05) is 22.1 Å². The average molecular weight is 615 g/mol. The van der Waals surface area contributed by atoms with Crippen LogP contribution in [-0.4, -0.2) is 85.7 Å². The van der Waals surface area contributed by atoms with Gasteiger partial charge in [0.1, 0.15) is 24.1 Å². The van der Waals surface area contributed by atoms with Crippen molar-refractivity contribution in [2.75, 3.05) is 7.11 Å². The summed E-state index contributed by atoms with van der Waals surface area (Å²) in [5.41, 5.74) is 1.79. The first-order valence-corrected chi connectivity index (χ1v) is 14.6. The summed E-state index contributed by atoms with van der Waals surface area (Å²) in [6, 6.07) is 10.2. The van der Waals surface area contributed by atoms with Crippen molar-refractivity contribution in [1.82, 2.24) is 9.55 Å². The highest BCUT2D eigenvalue weighted by Crippen LogP contribution is 2.25. The molecule has 2 aromatic heterocycles. The molecule has 0 saturated carbocycles. The number of benzene rings is 1. The molecular weight excluding hydrogens is 580 g/mol. The number of carboxylic acid groups (broad SMARTS) is 1. The van der Waals surface area contributed by atoms with Crippen LogP contribution in [0.2, 0.25) is 0 Å². The number of unbranched alkanes of at least 4 members (excludes halogenated alkanes) is 1. The highest BCUT2D eigenvalue weighted by molar-refractivity contribution is 7.09. The number of aryl methyl sites for hydroxylation is 1. The number of carbonyl (C=O) groups is 3. The number of methoxy groups -OCH3 is 1. The summed E-state index contributed by atoms with van der Waals surface area (Å²) >= 11 is 1.49. The molecule has 43 heavy (non-hydrogen) atoms. The second-order valence-corrected chi connectivity index (χ2v) is 11.1. The van der Waals surface area contributed by atoms with Gasteiger partial charge in [-0.1, -0.05) is 31.5 Å². The zero-order valence-corrected chi connectivity index (χ0v) is 24.5. The molecule has 1 aliphatic heterocycles. The number of ether oxygens (including phenoxy) is 3. The Morgan fingerprint density at radius 1 is 1.09 bits per heavy atom. The van der Waals surface area contributed by atoms with Crippen molar-refractivity contribution >= 4 is 35.3 Å². The molecule has 1 saturated heterocycles. The maximum atomic E-state index is 12.8. The lowest BCUT2D eigenvalue weighted by molar-refractivity contribution is -0.279. The summed E-state index contributed by atoms with van der Waals surface area (Å²) in [7, 11) is 1.06. The summed E-state index contributed by atoms with van der Waals surface area (Å²) in [5, 5.41) is 42.1. The Hall–Kier alpha value is -3.88. The second kappa shape index (κ2) is 14.5. The predicted octanol–water partition coefficient (Wildman–Crippen LogP) is 2.18. The van der Waals surface area contributed by atoms with E-state index >= 15 is 0 Å². The van der Waals surface area contributed by atoms with Gasteiger partial charge in [0.05, 0.1) is 24.6 Å². The highest BCUT2D eigenvalue weighted by atomic mass is 32.1. The molecule has 13 heteroatoms. The van der Waals surface area contributed by atoms with Crippen LogP contribution in [0.15, 0.2) is 53.5 Å². The maximum absolute atomic E-state index is 12.8. The molecule has 12 nitrogen and oxygen atoms in total. The van der Waals surface area contributed by atoms with Crippen molar-refractivity contribution in [3.05, 3.63) is 81.1 Å². The Bertz CT molecular complexity index is 1430. The molecule has 0 bridgehead atoms. The van der Waals surface area contributed by atoms with Crippen LogP contribution in [0.3, 0.4) is 0 Å². The van der Waals surface area contributed by atoms with E-state index in [2.05, 4.69) is 16.6 Å². The zero-order valence-electron chi connectivity index (χ0n) is 23.7. The number of imidazole rings is 1. The minimum atomic E-state index is -1.81. The molecule has 1 aliphatic rings. The van der Waals surface area contributed by atoms with Gasteiger partial charge in [0.2, 0.25) is 6.29 Å². The molecular formula is C30H34N2O10S. The Balaban J connectivity index is 1.51. The molecule has 230 valence electrons. The van der Waals surface area contributed by atoms with Crippen LogP contribution in [0.5, 0.6) is 0 Å². The molecule has 0 unspecified atom stereocenters. The summed E-state index contributed by atoms with van der Waals surface area (Å²) in [4.78, 5) is 42.2. The zero-order chi connectivity index (χ0) is 31.1. The summed E-state index contributed by atoms with van der Waals surface area (Å²) in [5.74, 6) is -2.09. The number of esters is 2. The summed E-state index contributed by atoms with van der Waals surface area (Å²) < 4.78 is 16.9. The number of aliphatic carboxylic acids is 1. The molecule has 0 radical (unpaired) electrons. The molecule has 0 amide bonds. The van der Waals surface area contributed by atoms with Gasteiger partial charge in [0, 0.05) is 29.8 Å². The van der Waals surface area contributed by atoms with Crippen LogP contribution >= 0.6 is 11.3 Å². The Labute approximate surface area is 251 Å². The fourth-order valence-electron chi connectivity index (χ4n) is 4.59. The minimum absolute atomic E-state index is 0.107. The number of aliphatic hydroxyl groups is 3. The topological polar surface area (TPSA) is 178 Å². The lowest BCUT2D eigenvalue weighted by Gasteiger charge is -2.38. The van der Waals surface area contributed by atoms with Gasteiger partial charge in [-0.25, -0.2) is 19.4 Å². The number of aromatic nitrogens is 2. The van der Waals surface area contributed by atoms with Gasteiger partial charge in [0.25, 0.3) is 0 Å². The third kappa shape index (κ3) is 7.75. The van der Waals surface area contributed by atoms with Gasteiger partial charge in [-0.2, -0.15) is 0 Å². The van der Waals surface area contributed by atoms with Gasteiger partial charge < -0.3 is 39.2 Å². The molecule has 5 atom stereocenters. The Morgan fingerprint density at radius 3 is 2.47 bits per heavy atom. The van der Waals surface area contributed by atoms with E-state index in [4.69, 9.17) is 9.47 Å². The van der Waals surface area contributed by atoms with Gasteiger partial charge in [-0.05, 0) is 41.6 Å². The van der Waals surface area contributed by atoms with Crippen molar-refractivity contribution in [3.63, 3.8) is 0 Å². The van der Waals surface area contributed by atoms with Crippen LogP contribution in [0, 0.1) is 0 Å². The van der Waals surface area contributed by atoms with Crippen LogP contribution in [-0.2, 0) is 43.2 Å². The van der Waals surface area contributed by atoms with Crippen molar-refractivity contribution in [3.8, 4) is 0 Å². The van der Waals surface area contributed by atoms with Crippen molar-refractivity contribution in [1.29, 1.82) is 0 Å². The van der Waals surface area contributed by atoms with E-state index in [9.17, 15) is 34.8 Å². The van der Waals surface area contributed by atoms with E-state index in [0.29, 0.717) is 18.7 Å². The molecule has 0 aliphatic carbocycles. The minimum Gasteiger partial charge on any atom is -0.478 e. The third-order valence-corrected chi connectivity index (χ3v) is 7.90. The molecule has 4 N–H and O–H groups in total. The lowest BCUT2D eigenvalue weighted by atomic mass is 9.99. The van der Waals surface area contributed by atoms with Gasteiger partial charge in [-0.3, -0.25) is 0 Å². The van der Waals surface area contributed by atoms with Crippen molar-refractivity contribution in [2.24, 2.45) is 0 Å². The van der Waals surface area contributed by atoms with E-state index in [0.717, 1.165) is 36.2 Å². The number of carbonyl (C=O) groups excluding carboxylic acids is 2. The second-order valence-electron chi connectivity index (χ2n) is 10.0. The fourth-order valence-corrected chi connectivity index (χ4v) is 5.32. The van der Waals surface area contributed by atoms with Gasteiger partial charge in [-0.15, -0.1) is 11.3 Å². The monoisotopic (exact) mass is 614 g/mol. The third-order valence-electron chi connectivity index (χ3n) is 7.02. The molecule has 1 aromatic carbocycles. The van der Waals surface area contributed by atoms with E-state index < -0.39 is 48.6 Å². The molecule has 0 spiro atoms. The number of hydrogen-bond donors (Lipinski definition) is 4. The first-order chi connectivity index (χ1) is 20.6. The van der Waals surface area contributed by atoms with E-state index in [-0.39, 0.29) is 17.6 Å². The van der Waals surface area contributed by atoms with Crippen molar-refractivity contribution < 1.29 is 49.0 Å². The van der Waals surface area contributed by atoms with E-state index in [1.165, 1.54) is 23.5 Å². The number of rotatable bonds is 12. The summed E-state index contributed by atoms with van der Waals surface area (Å²) in [6.07, 6.45) is -2.61. The fraction of sp³-hybridized carbons (Fsp3) is 0.400. The summed E-state index contributed by atoms with van der Waals surface area (Å²) in [6.45, 7) is 2.44. The van der Waals surface area contributed by atoms with Gasteiger partial charge in [0.15, 0.2) is 6.10 Å². The Kier molecular flexibility index (Phi) is 10.8. The van der Waals surface area contributed by atoms with Crippen LogP contribution < -0.4 is 0 Å². The quantitative estimate of drug-likeness (QED) is 0.174. The number of hydrogen-bond acceptors (Lipinski definition) is 11. The highest BCUT2D eigenvalue weighted by Gasteiger charge is 2.49. The molecule has 3 aromatic rings. The number of thiophene rings is 1. The number of nitrogens with zero attached hydrogens (tertiary/aromatic N) is 2. The maximum Gasteiger partial charge on any atom is 0.340 e. The number of aliphatic hydroxyl groups excluding tert-OH is 3. The normalized spacial score (nSPS) is 22.3. The average Bonchev–Trinajstić information content (AvgIpc) is 3.65. The first kappa shape index (κ1) is 32.0. The molecule has 3 heterocycles. The smallest absolute Gasteiger partial charge is 0.340 e.